The van der Waals surface area contributed by atoms with Crippen LogP contribution in [0.3, 0.4) is 0 Å². The average molecular weight is 548 g/mol. The Balaban J connectivity index is 1.42. The topological polar surface area (TPSA) is 116 Å². The molecule has 1 saturated heterocycles. The van der Waals surface area contributed by atoms with Crippen molar-refractivity contribution >= 4 is 40.0 Å². The number of β-amino-alcohol motifs (C(OH)–C–C–N with tert-alkyl or cyclic N) is 1. The van der Waals surface area contributed by atoms with Gasteiger partial charge in [-0.15, -0.1) is 0 Å². The van der Waals surface area contributed by atoms with Gasteiger partial charge in [0.2, 0.25) is 11.9 Å². The number of piperazine rings is 1. The highest BCUT2D eigenvalue weighted by molar-refractivity contribution is 5.99. The number of aliphatic hydroxyl groups excluding tert-OH is 1. The minimum atomic E-state index is -0.610. The van der Waals surface area contributed by atoms with E-state index in [4.69, 9.17) is 5.11 Å². The lowest BCUT2D eigenvalue weighted by Gasteiger charge is -2.36. The van der Waals surface area contributed by atoms with Gasteiger partial charge in [0.1, 0.15) is 11.6 Å². The number of benzene rings is 2. The second-order valence-corrected chi connectivity index (χ2v) is 9.22. The van der Waals surface area contributed by atoms with Crippen molar-refractivity contribution in [2.75, 3.05) is 54.9 Å². The molecule has 3 heterocycles. The van der Waals surface area contributed by atoms with Gasteiger partial charge in [0, 0.05) is 62.6 Å². The van der Waals surface area contributed by atoms with Crippen LogP contribution in [0.15, 0.2) is 72.3 Å². The lowest BCUT2D eigenvalue weighted by atomic mass is 10.2. The van der Waals surface area contributed by atoms with E-state index in [0.29, 0.717) is 36.7 Å². The number of carbonyl (C=O) groups excluding carboxylic acids is 1. The molecule has 3 N–H and O–H groups in total. The molecule has 0 atom stereocenters. The van der Waals surface area contributed by atoms with Gasteiger partial charge in [-0.05, 0) is 42.5 Å². The second-order valence-electron chi connectivity index (χ2n) is 9.22. The molecule has 0 unspecified atom stereocenters. The van der Waals surface area contributed by atoms with Crippen LogP contribution in [0.5, 0.6) is 0 Å². The Bertz CT molecular complexity index is 1630. The summed E-state index contributed by atoms with van der Waals surface area (Å²) in [5, 5.41) is 14.8. The number of anilines is 4. The van der Waals surface area contributed by atoms with Gasteiger partial charge < -0.3 is 25.2 Å². The predicted octanol–water partition coefficient (Wildman–Crippen LogP) is 3.04. The van der Waals surface area contributed by atoms with Gasteiger partial charge in [0.05, 0.1) is 23.4 Å². The normalized spacial score (nSPS) is 13.8. The maximum Gasteiger partial charge on any atom is 0.247 e. The average Bonchev–Trinajstić information content (AvgIpc) is 2.94. The molecule has 0 bridgehead atoms. The van der Waals surface area contributed by atoms with Crippen LogP contribution in [-0.4, -0.2) is 69.8 Å². The third-order valence-corrected chi connectivity index (χ3v) is 6.58. The first kappa shape index (κ1) is 26.9. The number of aliphatic hydroxyl groups is 1. The molecule has 12 heteroatoms. The van der Waals surface area contributed by atoms with E-state index in [-0.39, 0.29) is 34.7 Å². The zero-order valence-corrected chi connectivity index (χ0v) is 21.5. The first-order valence-electron chi connectivity index (χ1n) is 12.6. The van der Waals surface area contributed by atoms with Gasteiger partial charge in [0.15, 0.2) is 11.1 Å². The quantitative estimate of drug-likeness (QED) is 0.289. The fraction of sp³-hybridized carbons (Fsp3) is 0.214. The standard InChI is InChI=1S/C28H27F2N7O3/c1-2-26(40)32-20-13-18(29)14-21(15-20)37-6-5-25(39)22-17-31-28(34-27(22)37)33-19-3-4-24(23(30)16-19)36-9-7-35(8-10-36)11-12-38/h2-6,13-17,38H,1,7-12H2,(H,32,40)(H,31,33,34). The molecule has 1 aliphatic rings. The molecule has 2 aromatic carbocycles. The summed E-state index contributed by atoms with van der Waals surface area (Å²) in [6.45, 7) is 6.86. The summed E-state index contributed by atoms with van der Waals surface area (Å²) in [4.78, 5) is 37.0. The van der Waals surface area contributed by atoms with Crippen LogP contribution >= 0.6 is 0 Å². The summed E-state index contributed by atoms with van der Waals surface area (Å²) in [5.74, 6) is -1.42. The van der Waals surface area contributed by atoms with E-state index in [2.05, 4.69) is 32.1 Å². The maximum absolute atomic E-state index is 15.1. The molecule has 0 spiro atoms. The van der Waals surface area contributed by atoms with Gasteiger partial charge in [-0.25, -0.2) is 13.8 Å². The lowest BCUT2D eigenvalue weighted by molar-refractivity contribution is -0.111. The summed E-state index contributed by atoms with van der Waals surface area (Å²) >= 11 is 0. The Hall–Kier alpha value is -4.68. The molecule has 4 aromatic rings. The number of amides is 1. The summed E-state index contributed by atoms with van der Waals surface area (Å²) in [6, 6.07) is 9.98. The summed E-state index contributed by atoms with van der Waals surface area (Å²) in [6.07, 6.45) is 3.86. The van der Waals surface area contributed by atoms with Crippen molar-refractivity contribution in [3.05, 3.63) is 89.4 Å². The number of nitrogens with one attached hydrogen (secondary N) is 2. The van der Waals surface area contributed by atoms with Crippen molar-refractivity contribution in [3.8, 4) is 5.69 Å². The molecule has 10 nitrogen and oxygen atoms in total. The first-order chi connectivity index (χ1) is 19.3. The number of hydrogen-bond acceptors (Lipinski definition) is 8. The molecule has 0 aliphatic carbocycles. The molecule has 40 heavy (non-hydrogen) atoms. The molecule has 0 radical (unpaired) electrons. The second kappa shape index (κ2) is 11.6. The number of rotatable bonds is 8. The highest BCUT2D eigenvalue weighted by Crippen LogP contribution is 2.26. The third-order valence-electron chi connectivity index (χ3n) is 6.58. The minimum Gasteiger partial charge on any atom is -0.395 e. The van der Waals surface area contributed by atoms with Crippen LogP contribution in [0, 0.1) is 11.6 Å². The largest absolute Gasteiger partial charge is 0.395 e. The van der Waals surface area contributed by atoms with Gasteiger partial charge in [-0.1, -0.05) is 6.58 Å². The van der Waals surface area contributed by atoms with Crippen LogP contribution < -0.4 is 21.0 Å². The number of halogens is 2. The van der Waals surface area contributed by atoms with Gasteiger partial charge >= 0.3 is 0 Å². The Kier molecular flexibility index (Phi) is 7.80. The SMILES string of the molecule is C=CC(=O)Nc1cc(F)cc(-n2ccc(=O)c3cnc(Nc4ccc(N5CCN(CCO)CC5)c(F)c4)nc32)c1. The number of nitrogens with zero attached hydrogens (tertiary/aromatic N) is 5. The molecule has 5 rings (SSSR count). The number of aromatic nitrogens is 3. The van der Waals surface area contributed by atoms with Crippen molar-refractivity contribution in [3.63, 3.8) is 0 Å². The van der Waals surface area contributed by atoms with Gasteiger partial charge in [-0.2, -0.15) is 4.98 Å². The van der Waals surface area contributed by atoms with E-state index in [0.717, 1.165) is 25.2 Å². The highest BCUT2D eigenvalue weighted by atomic mass is 19.1. The Morgan fingerprint density at radius 1 is 1.07 bits per heavy atom. The monoisotopic (exact) mass is 547 g/mol. The highest BCUT2D eigenvalue weighted by Gasteiger charge is 2.19. The van der Waals surface area contributed by atoms with E-state index in [1.54, 1.807) is 12.1 Å². The van der Waals surface area contributed by atoms with E-state index in [9.17, 15) is 14.0 Å². The van der Waals surface area contributed by atoms with Crippen molar-refractivity contribution in [1.29, 1.82) is 0 Å². The fourth-order valence-corrected chi connectivity index (χ4v) is 4.60. The Morgan fingerprint density at radius 2 is 1.88 bits per heavy atom. The molecular weight excluding hydrogens is 520 g/mol. The fourth-order valence-electron chi connectivity index (χ4n) is 4.60. The van der Waals surface area contributed by atoms with Gasteiger partial charge in [-0.3, -0.25) is 14.5 Å². The molecule has 0 saturated carbocycles. The number of fused-ring (bicyclic) bond motifs is 1. The van der Waals surface area contributed by atoms with Crippen LogP contribution in [0.4, 0.5) is 31.8 Å². The summed E-state index contributed by atoms with van der Waals surface area (Å²) in [5.41, 5.74) is 1.25. The molecular formula is C28H27F2N7O3. The number of hydrogen-bond donors (Lipinski definition) is 3. The van der Waals surface area contributed by atoms with Crippen molar-refractivity contribution in [2.24, 2.45) is 0 Å². The molecule has 1 aliphatic heterocycles. The van der Waals surface area contributed by atoms with E-state index >= 15 is 4.39 Å². The van der Waals surface area contributed by atoms with Crippen molar-refractivity contribution in [2.45, 2.75) is 0 Å². The zero-order valence-electron chi connectivity index (χ0n) is 21.5. The van der Waals surface area contributed by atoms with Crippen molar-refractivity contribution < 1.29 is 18.7 Å². The maximum atomic E-state index is 15.1. The van der Waals surface area contributed by atoms with E-state index in [1.807, 2.05) is 4.90 Å². The number of pyridine rings is 1. The smallest absolute Gasteiger partial charge is 0.247 e. The minimum absolute atomic E-state index is 0.0962. The predicted molar refractivity (Wildman–Crippen MR) is 149 cm³/mol. The molecule has 1 amide bonds. The van der Waals surface area contributed by atoms with E-state index in [1.165, 1.54) is 41.2 Å². The number of carbonyl (C=O) groups is 1. The molecule has 206 valence electrons. The van der Waals surface area contributed by atoms with Crippen LogP contribution in [-0.2, 0) is 4.79 Å². The van der Waals surface area contributed by atoms with Gasteiger partial charge in [0.25, 0.3) is 0 Å². The first-order valence-corrected chi connectivity index (χ1v) is 12.6. The van der Waals surface area contributed by atoms with Crippen molar-refractivity contribution in [1.82, 2.24) is 19.4 Å². The lowest BCUT2D eigenvalue weighted by Crippen LogP contribution is -2.47. The zero-order chi connectivity index (χ0) is 28.2. The van der Waals surface area contributed by atoms with Crippen LogP contribution in [0.2, 0.25) is 0 Å². The van der Waals surface area contributed by atoms with Crippen LogP contribution in [0.25, 0.3) is 16.7 Å². The molecule has 2 aromatic heterocycles. The summed E-state index contributed by atoms with van der Waals surface area (Å²) < 4.78 is 31.0. The Morgan fingerprint density at radius 3 is 2.60 bits per heavy atom. The third kappa shape index (κ3) is 5.82. The molecule has 1 fully saturated rings. The van der Waals surface area contributed by atoms with Crippen LogP contribution in [0.1, 0.15) is 0 Å². The summed E-state index contributed by atoms with van der Waals surface area (Å²) in [7, 11) is 0. The van der Waals surface area contributed by atoms with E-state index < -0.39 is 17.5 Å². The Labute approximate surface area is 228 Å².